The number of carbonyl (C=O) groups is 1. The van der Waals surface area contributed by atoms with Gasteiger partial charge in [0.2, 0.25) is 5.88 Å². The lowest BCUT2D eigenvalue weighted by atomic mass is 10.2. The Morgan fingerprint density at radius 3 is 2.95 bits per heavy atom. The molecule has 0 saturated carbocycles. The topological polar surface area (TPSA) is 56.6 Å². The Kier molecular flexibility index (Phi) is 4.27. The smallest absolute Gasteiger partial charge is 0.410 e. The fourth-order valence-electron chi connectivity index (χ4n) is 2.01. The van der Waals surface area contributed by atoms with Gasteiger partial charge in [0.1, 0.15) is 5.60 Å². The van der Waals surface area contributed by atoms with Gasteiger partial charge in [0.15, 0.2) is 0 Å². The van der Waals surface area contributed by atoms with E-state index in [2.05, 4.69) is 21.0 Å². The zero-order valence-electron chi connectivity index (χ0n) is 12.2. The van der Waals surface area contributed by atoms with Gasteiger partial charge in [0.05, 0.1) is 29.9 Å². The Hall–Kier alpha value is -1.24. The van der Waals surface area contributed by atoms with Crippen LogP contribution in [0.5, 0.6) is 5.88 Å². The van der Waals surface area contributed by atoms with Crippen LogP contribution in [-0.2, 0) is 11.3 Å². The van der Waals surface area contributed by atoms with Crippen LogP contribution in [0.2, 0.25) is 0 Å². The first kappa shape index (κ1) is 15.2. The molecule has 0 aliphatic carbocycles. The number of carbonyl (C=O) groups excluding carboxylic acids is 1. The predicted octanol–water partition coefficient (Wildman–Crippen LogP) is 2.66. The molecule has 2 rings (SSSR count). The molecule has 1 unspecified atom stereocenters. The van der Waals surface area contributed by atoms with Crippen molar-refractivity contribution in [2.24, 2.45) is 0 Å². The molecular weight excluding hydrogens is 326 g/mol. The van der Waals surface area contributed by atoms with Gasteiger partial charge in [-0.05, 0) is 36.7 Å². The van der Waals surface area contributed by atoms with E-state index in [9.17, 15) is 4.79 Å². The van der Waals surface area contributed by atoms with Crippen LogP contribution in [0.4, 0.5) is 4.79 Å². The molecule has 0 bridgehead atoms. The highest BCUT2D eigenvalue weighted by molar-refractivity contribution is 9.10. The number of halogens is 1. The van der Waals surface area contributed by atoms with Crippen molar-refractivity contribution in [3.8, 4) is 5.88 Å². The molecule has 0 N–H and O–H groups in total. The normalized spacial score (nSPS) is 18.8. The minimum Gasteiger partial charge on any atom is -0.477 e. The van der Waals surface area contributed by atoms with E-state index in [1.54, 1.807) is 22.8 Å². The van der Waals surface area contributed by atoms with Crippen LogP contribution in [0, 0.1) is 0 Å². The molecule has 1 amide bonds. The second kappa shape index (κ2) is 5.63. The van der Waals surface area contributed by atoms with Crippen molar-refractivity contribution < 1.29 is 14.3 Å². The lowest BCUT2D eigenvalue weighted by molar-refractivity contribution is 0.0197. The predicted molar refractivity (Wildman–Crippen MR) is 77.8 cm³/mol. The molecule has 1 aromatic rings. The third kappa shape index (κ3) is 3.45. The first-order chi connectivity index (χ1) is 9.28. The first-order valence-corrected chi connectivity index (χ1v) is 7.37. The highest BCUT2D eigenvalue weighted by Gasteiger charge is 2.28. The SMILES string of the molecule is CN(C(=O)OC(C)(C)C)C1CCOc2c(Br)cnn2C1. The summed E-state index contributed by atoms with van der Waals surface area (Å²) in [6, 6.07) is -0.00194. The number of hydrogen-bond acceptors (Lipinski definition) is 4. The van der Waals surface area contributed by atoms with Crippen molar-refractivity contribution in [2.75, 3.05) is 13.7 Å². The van der Waals surface area contributed by atoms with E-state index < -0.39 is 5.60 Å². The van der Waals surface area contributed by atoms with Crippen molar-refractivity contribution in [3.63, 3.8) is 0 Å². The monoisotopic (exact) mass is 345 g/mol. The average Bonchev–Trinajstić information content (AvgIpc) is 2.58. The number of amides is 1. The maximum atomic E-state index is 12.1. The Balaban J connectivity index is 2.07. The molecule has 0 radical (unpaired) electrons. The molecular formula is C13H20BrN3O3. The Bertz CT molecular complexity index is 496. The Morgan fingerprint density at radius 1 is 1.60 bits per heavy atom. The molecule has 0 fully saturated rings. The van der Waals surface area contributed by atoms with Crippen LogP contribution in [0.25, 0.3) is 0 Å². The molecule has 1 aliphatic heterocycles. The number of ether oxygens (including phenoxy) is 2. The van der Waals surface area contributed by atoms with Crippen molar-refractivity contribution in [3.05, 3.63) is 10.7 Å². The standard InChI is InChI=1S/C13H20BrN3O3/c1-13(2,3)20-12(18)16(4)9-5-6-19-11-10(14)7-15-17(11)8-9/h7,9H,5-6,8H2,1-4H3. The van der Waals surface area contributed by atoms with E-state index in [-0.39, 0.29) is 12.1 Å². The third-order valence-corrected chi connectivity index (χ3v) is 3.60. The van der Waals surface area contributed by atoms with Crippen molar-refractivity contribution in [1.82, 2.24) is 14.7 Å². The summed E-state index contributed by atoms with van der Waals surface area (Å²) in [6.07, 6.45) is 2.12. The van der Waals surface area contributed by atoms with Gasteiger partial charge in [-0.15, -0.1) is 0 Å². The zero-order valence-corrected chi connectivity index (χ0v) is 13.8. The van der Waals surface area contributed by atoms with Crippen molar-refractivity contribution in [2.45, 2.75) is 45.4 Å². The van der Waals surface area contributed by atoms with Crippen LogP contribution < -0.4 is 4.74 Å². The zero-order chi connectivity index (χ0) is 14.9. The summed E-state index contributed by atoms with van der Waals surface area (Å²) in [6.45, 7) is 6.71. The number of likely N-dealkylation sites (N-methyl/N-ethyl adjacent to an activating group) is 1. The maximum absolute atomic E-state index is 12.1. The lowest BCUT2D eigenvalue weighted by Gasteiger charge is -2.29. The highest BCUT2D eigenvalue weighted by atomic mass is 79.9. The maximum Gasteiger partial charge on any atom is 0.410 e. The Labute approximate surface area is 127 Å². The molecule has 1 aromatic heterocycles. The molecule has 1 aliphatic rings. The number of nitrogens with zero attached hydrogens (tertiary/aromatic N) is 3. The van der Waals surface area contributed by atoms with Gasteiger partial charge in [-0.25, -0.2) is 9.48 Å². The number of fused-ring (bicyclic) bond motifs is 1. The summed E-state index contributed by atoms with van der Waals surface area (Å²) < 4.78 is 13.6. The third-order valence-electron chi connectivity index (χ3n) is 3.05. The largest absolute Gasteiger partial charge is 0.477 e. The fraction of sp³-hybridized carbons (Fsp3) is 0.692. The minimum absolute atomic E-state index is 0.00194. The lowest BCUT2D eigenvalue weighted by Crippen LogP contribution is -2.42. The van der Waals surface area contributed by atoms with Crippen molar-refractivity contribution in [1.29, 1.82) is 0 Å². The number of hydrogen-bond donors (Lipinski definition) is 0. The van der Waals surface area contributed by atoms with Crippen LogP contribution >= 0.6 is 15.9 Å². The molecule has 7 heteroatoms. The van der Waals surface area contributed by atoms with E-state index in [1.165, 1.54) is 0 Å². The van der Waals surface area contributed by atoms with E-state index in [1.807, 2.05) is 20.8 Å². The minimum atomic E-state index is -0.494. The number of rotatable bonds is 1. The van der Waals surface area contributed by atoms with E-state index in [0.717, 1.165) is 10.9 Å². The van der Waals surface area contributed by atoms with Gasteiger partial charge < -0.3 is 14.4 Å². The van der Waals surface area contributed by atoms with Gasteiger partial charge >= 0.3 is 6.09 Å². The van der Waals surface area contributed by atoms with Gasteiger partial charge in [0.25, 0.3) is 0 Å². The first-order valence-electron chi connectivity index (χ1n) is 6.58. The summed E-state index contributed by atoms with van der Waals surface area (Å²) >= 11 is 3.40. The second-order valence-corrected chi connectivity index (χ2v) is 6.72. The van der Waals surface area contributed by atoms with Crippen LogP contribution in [-0.4, -0.2) is 46.1 Å². The molecule has 0 aromatic carbocycles. The van der Waals surface area contributed by atoms with Gasteiger partial charge in [-0.1, -0.05) is 0 Å². The summed E-state index contributed by atoms with van der Waals surface area (Å²) in [7, 11) is 1.75. The van der Waals surface area contributed by atoms with E-state index >= 15 is 0 Å². The molecule has 6 nitrogen and oxygen atoms in total. The van der Waals surface area contributed by atoms with Crippen LogP contribution in [0.3, 0.4) is 0 Å². The molecule has 1 atom stereocenters. The summed E-state index contributed by atoms with van der Waals surface area (Å²) in [5, 5.41) is 4.25. The van der Waals surface area contributed by atoms with Gasteiger partial charge in [-0.3, -0.25) is 0 Å². The average molecular weight is 346 g/mol. The Morgan fingerprint density at radius 2 is 2.30 bits per heavy atom. The van der Waals surface area contributed by atoms with Gasteiger partial charge in [-0.2, -0.15) is 5.10 Å². The quantitative estimate of drug-likeness (QED) is 0.785. The van der Waals surface area contributed by atoms with E-state index in [4.69, 9.17) is 9.47 Å². The van der Waals surface area contributed by atoms with Crippen LogP contribution in [0.15, 0.2) is 10.7 Å². The van der Waals surface area contributed by atoms with Crippen molar-refractivity contribution >= 4 is 22.0 Å². The van der Waals surface area contributed by atoms with Gasteiger partial charge in [0, 0.05) is 13.5 Å². The summed E-state index contributed by atoms with van der Waals surface area (Å²) in [4.78, 5) is 13.7. The molecule has 20 heavy (non-hydrogen) atoms. The van der Waals surface area contributed by atoms with Crippen LogP contribution in [0.1, 0.15) is 27.2 Å². The summed E-state index contributed by atoms with van der Waals surface area (Å²) in [5.74, 6) is 0.713. The molecule has 112 valence electrons. The number of aromatic nitrogens is 2. The molecule has 0 saturated heterocycles. The van der Waals surface area contributed by atoms with E-state index in [0.29, 0.717) is 19.0 Å². The summed E-state index contributed by atoms with van der Waals surface area (Å²) in [5.41, 5.74) is -0.494. The fourth-order valence-corrected chi connectivity index (χ4v) is 2.42. The molecule has 2 heterocycles. The highest BCUT2D eigenvalue weighted by Crippen LogP contribution is 2.28. The second-order valence-electron chi connectivity index (χ2n) is 5.86. The molecule has 0 spiro atoms.